The second-order valence-corrected chi connectivity index (χ2v) is 11.3. The number of thiazole rings is 1. The van der Waals surface area contributed by atoms with E-state index in [4.69, 9.17) is 4.74 Å². The van der Waals surface area contributed by atoms with Gasteiger partial charge in [-0.3, -0.25) is 9.19 Å². The highest BCUT2D eigenvalue weighted by atomic mass is 32.2. The lowest BCUT2D eigenvalue weighted by atomic mass is 10.2. The van der Waals surface area contributed by atoms with Crippen LogP contribution < -0.4 is 4.74 Å². The number of ether oxygens (including phenoxy) is 1. The van der Waals surface area contributed by atoms with Gasteiger partial charge < -0.3 is 4.74 Å². The normalized spacial score (nSPS) is 13.4. The number of para-hydroxylation sites is 3. The van der Waals surface area contributed by atoms with Crippen molar-refractivity contribution in [2.24, 2.45) is 0 Å². The van der Waals surface area contributed by atoms with E-state index >= 15 is 0 Å². The van der Waals surface area contributed by atoms with Crippen molar-refractivity contribution in [2.45, 2.75) is 11.3 Å². The van der Waals surface area contributed by atoms with E-state index in [1.54, 1.807) is 22.5 Å². The van der Waals surface area contributed by atoms with Crippen molar-refractivity contribution in [1.82, 2.24) is 18.9 Å². The summed E-state index contributed by atoms with van der Waals surface area (Å²) in [6, 6.07) is 17.1. The minimum absolute atomic E-state index is 0.267. The summed E-state index contributed by atoms with van der Waals surface area (Å²) in [4.78, 5) is 13.6. The Hall–Kier alpha value is -2.95. The van der Waals surface area contributed by atoms with Crippen LogP contribution in [0.2, 0.25) is 0 Å². The molecular formula is C23H20N4O3S3. The molecule has 5 aromatic rings. The number of imidazole rings is 1. The second-order valence-electron chi connectivity index (χ2n) is 7.27. The number of rotatable bonds is 7. The number of benzene rings is 2. The predicted octanol–water partition coefficient (Wildman–Crippen LogP) is 4.34. The van der Waals surface area contributed by atoms with E-state index < -0.39 is 21.8 Å². The first kappa shape index (κ1) is 21.9. The van der Waals surface area contributed by atoms with E-state index in [0.29, 0.717) is 27.4 Å². The van der Waals surface area contributed by atoms with E-state index in [2.05, 4.69) is 15.0 Å². The summed E-state index contributed by atoms with van der Waals surface area (Å²) in [6.45, 7) is 2.16. The molecule has 0 N–H and O–H groups in total. The van der Waals surface area contributed by atoms with Crippen molar-refractivity contribution in [2.75, 3.05) is 18.6 Å². The van der Waals surface area contributed by atoms with Gasteiger partial charge in [0.1, 0.15) is 29.0 Å². The van der Waals surface area contributed by atoms with Gasteiger partial charge in [-0.1, -0.05) is 24.3 Å². The van der Waals surface area contributed by atoms with Crippen molar-refractivity contribution in [3.63, 3.8) is 0 Å². The SMILES string of the molecule is Cc1c(OCCS(=O)c2nc3ccccc3s2)ccnc1-c1nc2ccccc2n1S(C)=O. The molecule has 0 bridgehead atoms. The van der Waals surface area contributed by atoms with Crippen LogP contribution in [0.15, 0.2) is 65.1 Å². The molecule has 3 aromatic heterocycles. The molecular weight excluding hydrogens is 476 g/mol. The number of nitrogens with zero attached hydrogens (tertiary/aromatic N) is 4. The van der Waals surface area contributed by atoms with Crippen LogP contribution in [-0.2, 0) is 21.8 Å². The number of fused-ring (bicyclic) bond motifs is 2. The molecule has 0 saturated carbocycles. The van der Waals surface area contributed by atoms with Crippen molar-refractivity contribution in [3.05, 3.63) is 66.4 Å². The molecule has 33 heavy (non-hydrogen) atoms. The first-order chi connectivity index (χ1) is 16.0. The summed E-state index contributed by atoms with van der Waals surface area (Å²) < 4.78 is 34.5. The van der Waals surface area contributed by atoms with Gasteiger partial charge in [-0.15, -0.1) is 11.3 Å². The third-order valence-corrected chi connectivity index (χ3v) is 8.68. The molecule has 2 unspecified atom stereocenters. The van der Waals surface area contributed by atoms with Gasteiger partial charge >= 0.3 is 0 Å². The Kier molecular flexibility index (Phi) is 6.05. The number of hydrogen-bond acceptors (Lipinski definition) is 7. The first-order valence-electron chi connectivity index (χ1n) is 10.2. The summed E-state index contributed by atoms with van der Waals surface area (Å²) in [5.74, 6) is 1.48. The van der Waals surface area contributed by atoms with Crippen LogP contribution in [0.3, 0.4) is 0 Å². The maximum Gasteiger partial charge on any atom is 0.181 e. The van der Waals surface area contributed by atoms with Crippen molar-refractivity contribution >= 4 is 54.4 Å². The molecule has 0 saturated heterocycles. The number of hydrogen-bond donors (Lipinski definition) is 0. The van der Waals surface area contributed by atoms with Crippen LogP contribution >= 0.6 is 11.3 Å². The van der Waals surface area contributed by atoms with Gasteiger partial charge in [0, 0.05) is 18.0 Å². The Labute approximate surface area is 199 Å². The van der Waals surface area contributed by atoms with E-state index in [9.17, 15) is 8.42 Å². The van der Waals surface area contributed by atoms with Crippen LogP contribution in [0.5, 0.6) is 5.75 Å². The zero-order chi connectivity index (χ0) is 22.9. The molecule has 7 nitrogen and oxygen atoms in total. The molecule has 0 aliphatic heterocycles. The fraction of sp³-hybridized carbons (Fsp3) is 0.174. The summed E-state index contributed by atoms with van der Waals surface area (Å²) in [5, 5.41) is 0. The standard InChI is InChI=1S/C23H20N4O3S3/c1-15-19(30-13-14-33(29)23-26-17-8-4-6-10-20(17)31-23)11-12-24-21(15)22-25-16-7-3-5-9-18(16)27(22)32(2)28/h3-12H,13-14H2,1-2H3. The Morgan fingerprint density at radius 3 is 2.55 bits per heavy atom. The quantitative estimate of drug-likeness (QED) is 0.333. The average molecular weight is 497 g/mol. The third kappa shape index (κ3) is 4.21. The summed E-state index contributed by atoms with van der Waals surface area (Å²) in [6.07, 6.45) is 3.26. The number of aromatic nitrogens is 4. The highest BCUT2D eigenvalue weighted by Crippen LogP contribution is 2.30. The molecule has 0 amide bonds. The van der Waals surface area contributed by atoms with Gasteiger partial charge in [-0.05, 0) is 37.3 Å². The fourth-order valence-corrected chi connectivity index (χ4v) is 6.58. The lowest BCUT2D eigenvalue weighted by Gasteiger charge is -2.12. The minimum Gasteiger partial charge on any atom is -0.492 e. The van der Waals surface area contributed by atoms with Gasteiger partial charge in [-0.2, -0.15) is 0 Å². The van der Waals surface area contributed by atoms with Gasteiger partial charge in [0.15, 0.2) is 10.2 Å². The molecule has 2 aromatic carbocycles. The largest absolute Gasteiger partial charge is 0.492 e. The monoisotopic (exact) mass is 496 g/mol. The molecule has 10 heteroatoms. The summed E-state index contributed by atoms with van der Waals surface area (Å²) >= 11 is 1.44. The van der Waals surface area contributed by atoms with Gasteiger partial charge in [0.25, 0.3) is 0 Å². The van der Waals surface area contributed by atoms with Crippen molar-refractivity contribution in [1.29, 1.82) is 0 Å². The smallest absolute Gasteiger partial charge is 0.181 e. The van der Waals surface area contributed by atoms with Gasteiger partial charge in [0.2, 0.25) is 0 Å². The topological polar surface area (TPSA) is 87.0 Å². The van der Waals surface area contributed by atoms with Crippen LogP contribution in [0, 0.1) is 6.92 Å². The van der Waals surface area contributed by atoms with Crippen molar-refractivity contribution < 1.29 is 13.2 Å². The Morgan fingerprint density at radius 2 is 1.76 bits per heavy atom. The predicted molar refractivity (Wildman–Crippen MR) is 134 cm³/mol. The Bertz CT molecular complexity index is 1490. The second kappa shape index (κ2) is 9.12. The summed E-state index contributed by atoms with van der Waals surface area (Å²) in [5.41, 5.74) is 3.78. The fourth-order valence-electron chi connectivity index (χ4n) is 3.58. The van der Waals surface area contributed by atoms with Crippen LogP contribution in [0.4, 0.5) is 0 Å². The number of pyridine rings is 1. The molecule has 0 radical (unpaired) electrons. The maximum atomic E-state index is 12.7. The third-order valence-electron chi connectivity index (χ3n) is 5.14. The first-order valence-corrected chi connectivity index (χ1v) is 13.8. The van der Waals surface area contributed by atoms with Crippen LogP contribution in [0.1, 0.15) is 5.56 Å². The zero-order valence-corrected chi connectivity index (χ0v) is 20.4. The average Bonchev–Trinajstić information content (AvgIpc) is 3.42. The molecule has 3 heterocycles. The van der Waals surface area contributed by atoms with Gasteiger partial charge in [0.05, 0.1) is 37.8 Å². The molecule has 0 fully saturated rings. The van der Waals surface area contributed by atoms with Crippen LogP contribution in [0.25, 0.3) is 32.8 Å². The molecule has 0 spiro atoms. The molecule has 168 valence electrons. The Morgan fingerprint density at radius 1 is 1.00 bits per heavy atom. The molecule has 2 atom stereocenters. The van der Waals surface area contributed by atoms with Crippen molar-refractivity contribution in [3.8, 4) is 17.3 Å². The van der Waals surface area contributed by atoms with Crippen LogP contribution in [-0.4, -0.2) is 46.0 Å². The van der Waals surface area contributed by atoms with E-state index in [-0.39, 0.29) is 6.61 Å². The molecule has 0 aliphatic carbocycles. The van der Waals surface area contributed by atoms with Gasteiger partial charge in [-0.25, -0.2) is 18.1 Å². The maximum absolute atomic E-state index is 12.7. The van der Waals surface area contributed by atoms with E-state index in [1.807, 2.05) is 55.5 Å². The van der Waals surface area contributed by atoms with E-state index in [1.165, 1.54) is 11.3 Å². The lowest BCUT2D eigenvalue weighted by Crippen LogP contribution is -2.10. The highest BCUT2D eigenvalue weighted by Gasteiger charge is 2.19. The highest BCUT2D eigenvalue weighted by molar-refractivity contribution is 7.87. The van der Waals surface area contributed by atoms with E-state index in [0.717, 1.165) is 26.8 Å². The molecule has 5 rings (SSSR count). The Balaban J connectivity index is 1.37. The minimum atomic E-state index is -1.31. The molecule has 0 aliphatic rings. The summed E-state index contributed by atoms with van der Waals surface area (Å²) in [7, 11) is -2.56. The lowest BCUT2D eigenvalue weighted by molar-refractivity contribution is 0.340. The zero-order valence-electron chi connectivity index (χ0n) is 17.9.